The van der Waals surface area contributed by atoms with Crippen LogP contribution in [0.5, 0.6) is 11.5 Å². The molecule has 12 nitrogen and oxygen atoms in total. The van der Waals surface area contributed by atoms with E-state index >= 15 is 0 Å². The maximum Gasteiger partial charge on any atom is 0.257 e. The zero-order valence-electron chi connectivity index (χ0n) is 18.9. The molecule has 0 bridgehead atoms. The number of hydrogen-bond acceptors (Lipinski definition) is 8. The predicted octanol–water partition coefficient (Wildman–Crippen LogP) is 2.11. The number of carbonyl (C=O) groups is 1. The minimum atomic E-state index is -3.86. The molecule has 1 atom stereocenters. The van der Waals surface area contributed by atoms with E-state index in [2.05, 4.69) is 20.0 Å². The number of amides is 1. The van der Waals surface area contributed by atoms with E-state index in [1.54, 1.807) is 13.1 Å². The molecule has 1 aromatic heterocycles. The van der Waals surface area contributed by atoms with Crippen molar-refractivity contribution in [3.8, 4) is 11.5 Å². The third-order valence-corrected chi connectivity index (χ3v) is 7.18. The van der Waals surface area contributed by atoms with E-state index in [-0.39, 0.29) is 51.7 Å². The Balaban J connectivity index is 0.00000324. The number of benzene rings is 2. The van der Waals surface area contributed by atoms with Crippen LogP contribution in [-0.2, 0) is 19.9 Å². The number of aromatic amines is 1. The molecule has 3 aromatic rings. The molecule has 196 valence electrons. The summed E-state index contributed by atoms with van der Waals surface area (Å²) in [5.74, 6) is -1.24. The van der Waals surface area contributed by atoms with Crippen molar-refractivity contribution in [1.82, 2.24) is 20.0 Å². The summed E-state index contributed by atoms with van der Waals surface area (Å²) in [6.45, 7) is 1.65. The molecule has 0 saturated heterocycles. The zero-order chi connectivity index (χ0) is 25.1. The molecule has 0 aliphatic rings. The van der Waals surface area contributed by atoms with Gasteiger partial charge in [-0.1, -0.05) is 0 Å². The number of imidazole rings is 1. The van der Waals surface area contributed by atoms with E-state index in [4.69, 9.17) is 15.9 Å². The van der Waals surface area contributed by atoms with Crippen molar-refractivity contribution >= 4 is 56.5 Å². The Labute approximate surface area is 220 Å². The summed E-state index contributed by atoms with van der Waals surface area (Å²) in [4.78, 5) is 18.5. The minimum Gasteiger partial charge on any atom is -0.456 e. The van der Waals surface area contributed by atoms with Gasteiger partial charge in [0.1, 0.15) is 16.4 Å². The van der Waals surface area contributed by atoms with Gasteiger partial charge in [0.15, 0.2) is 15.8 Å². The fourth-order valence-corrected chi connectivity index (χ4v) is 4.93. The van der Waals surface area contributed by atoms with Gasteiger partial charge in [0.2, 0.25) is 10.0 Å². The number of halogens is 2. The summed E-state index contributed by atoms with van der Waals surface area (Å²) in [6, 6.07) is 8.48. The summed E-state index contributed by atoms with van der Waals surface area (Å²) in [5.41, 5.74) is 5.62. The first-order chi connectivity index (χ1) is 15.9. The van der Waals surface area contributed by atoms with Gasteiger partial charge in [0.05, 0.1) is 23.0 Å². The van der Waals surface area contributed by atoms with E-state index in [1.165, 1.54) is 42.7 Å². The lowest BCUT2D eigenvalue weighted by atomic mass is 10.2. The Hall–Kier alpha value is -3.17. The normalized spacial score (nSPS) is 11.9. The smallest absolute Gasteiger partial charge is 0.257 e. The number of carbonyl (C=O) groups excluding carboxylic acids is 1. The Morgan fingerprint density at radius 3 is 2.28 bits per heavy atom. The highest BCUT2D eigenvalue weighted by atomic mass is 35.5. The highest BCUT2D eigenvalue weighted by Crippen LogP contribution is 2.30. The Morgan fingerprint density at radius 2 is 1.75 bits per heavy atom. The van der Waals surface area contributed by atoms with Gasteiger partial charge in [-0.15, -0.1) is 24.8 Å². The quantitative estimate of drug-likeness (QED) is 0.197. The van der Waals surface area contributed by atoms with Crippen LogP contribution in [0.2, 0.25) is 0 Å². The van der Waals surface area contributed by atoms with Gasteiger partial charge < -0.3 is 15.5 Å². The number of sulfone groups is 1. The van der Waals surface area contributed by atoms with Crippen molar-refractivity contribution in [2.75, 3.05) is 6.26 Å². The average molecular weight is 579 g/mol. The topological polar surface area (TPSA) is 197 Å². The molecule has 36 heavy (non-hydrogen) atoms. The van der Waals surface area contributed by atoms with Crippen LogP contribution >= 0.6 is 24.8 Å². The summed E-state index contributed by atoms with van der Waals surface area (Å²) < 4.78 is 57.9. The fraction of sp³-hybridized carbons (Fsp3) is 0.150. The molecular formula is C20H24Cl2N6O6S2. The molecule has 1 heterocycles. The maximum atomic E-state index is 12.6. The maximum absolute atomic E-state index is 12.6. The van der Waals surface area contributed by atoms with Crippen molar-refractivity contribution in [2.45, 2.75) is 22.8 Å². The first-order valence-corrected chi connectivity index (χ1v) is 13.0. The molecule has 0 radical (unpaired) electrons. The SMILES string of the molecule is CC(NS(=O)(=O)c1ccc(Oc2ccc(C(=O)NC(=N)N)cc2S(C)(=O)=O)cc1)c1c[nH]cn1.Cl.Cl. The highest BCUT2D eigenvalue weighted by Gasteiger charge is 2.21. The van der Waals surface area contributed by atoms with Crippen LogP contribution in [0, 0.1) is 5.41 Å². The molecule has 0 saturated carbocycles. The molecule has 3 rings (SSSR count). The number of H-pyrrole nitrogens is 1. The van der Waals surface area contributed by atoms with Gasteiger partial charge in [-0.25, -0.2) is 26.5 Å². The lowest BCUT2D eigenvalue weighted by Gasteiger charge is -2.14. The molecule has 2 aromatic carbocycles. The minimum absolute atomic E-state index is 0. The number of ether oxygens (including phenoxy) is 1. The van der Waals surface area contributed by atoms with Crippen LogP contribution in [0.25, 0.3) is 0 Å². The molecule has 1 unspecified atom stereocenters. The molecule has 0 aliphatic heterocycles. The molecular weight excluding hydrogens is 555 g/mol. The van der Waals surface area contributed by atoms with Crippen molar-refractivity contribution < 1.29 is 26.4 Å². The second kappa shape index (κ2) is 12.2. The number of guanidine groups is 1. The standard InChI is InChI=1S/C20H22N6O6S2.2ClH/c1-12(16-10-23-11-24-16)26-34(30,31)15-6-4-14(5-7-15)32-17-8-3-13(19(27)25-20(21)22)9-18(17)33(2,28)29;;/h3-12,26H,1-2H3,(H,23,24)(H4,21,22,25,27);2*1H. The molecule has 0 spiro atoms. The summed E-state index contributed by atoms with van der Waals surface area (Å²) in [6.07, 6.45) is 3.97. The first kappa shape index (κ1) is 30.9. The monoisotopic (exact) mass is 578 g/mol. The summed E-state index contributed by atoms with van der Waals surface area (Å²) in [7, 11) is -7.67. The van der Waals surface area contributed by atoms with Crippen molar-refractivity contribution in [2.24, 2.45) is 5.73 Å². The lowest BCUT2D eigenvalue weighted by Crippen LogP contribution is -2.35. The average Bonchev–Trinajstić information content (AvgIpc) is 3.28. The number of nitrogens with two attached hydrogens (primary N) is 1. The number of rotatable bonds is 8. The third-order valence-electron chi connectivity index (χ3n) is 4.51. The third kappa shape index (κ3) is 7.66. The van der Waals surface area contributed by atoms with Gasteiger partial charge in [-0.2, -0.15) is 0 Å². The zero-order valence-corrected chi connectivity index (χ0v) is 22.1. The van der Waals surface area contributed by atoms with Gasteiger partial charge in [0.25, 0.3) is 5.91 Å². The van der Waals surface area contributed by atoms with Crippen LogP contribution in [0.4, 0.5) is 0 Å². The Kier molecular flexibility index (Phi) is 10.4. The Morgan fingerprint density at radius 1 is 1.11 bits per heavy atom. The molecule has 6 N–H and O–H groups in total. The van der Waals surface area contributed by atoms with E-state index < -0.39 is 37.8 Å². The first-order valence-electron chi connectivity index (χ1n) is 9.65. The van der Waals surface area contributed by atoms with Crippen LogP contribution in [0.1, 0.15) is 29.0 Å². The van der Waals surface area contributed by atoms with Gasteiger partial charge in [0, 0.05) is 18.0 Å². The number of hydrogen-bond donors (Lipinski definition) is 5. The van der Waals surface area contributed by atoms with E-state index in [9.17, 15) is 21.6 Å². The fourth-order valence-electron chi connectivity index (χ4n) is 2.90. The van der Waals surface area contributed by atoms with Gasteiger partial charge in [-0.05, 0) is 49.4 Å². The van der Waals surface area contributed by atoms with Gasteiger partial charge in [-0.3, -0.25) is 15.5 Å². The van der Waals surface area contributed by atoms with Crippen molar-refractivity contribution in [3.63, 3.8) is 0 Å². The Bertz CT molecular complexity index is 1430. The molecule has 0 fully saturated rings. The number of aromatic nitrogens is 2. The summed E-state index contributed by atoms with van der Waals surface area (Å²) in [5, 5.41) is 9.19. The van der Waals surface area contributed by atoms with Crippen LogP contribution in [0.15, 0.2) is 64.8 Å². The predicted molar refractivity (Wildman–Crippen MR) is 137 cm³/mol. The summed E-state index contributed by atoms with van der Waals surface area (Å²) >= 11 is 0. The largest absolute Gasteiger partial charge is 0.456 e. The van der Waals surface area contributed by atoms with Crippen molar-refractivity contribution in [3.05, 3.63) is 66.2 Å². The molecule has 16 heteroatoms. The van der Waals surface area contributed by atoms with Crippen LogP contribution in [0.3, 0.4) is 0 Å². The lowest BCUT2D eigenvalue weighted by molar-refractivity contribution is 0.0976. The van der Waals surface area contributed by atoms with Crippen LogP contribution < -0.4 is 20.5 Å². The van der Waals surface area contributed by atoms with E-state index in [1.807, 2.05) is 0 Å². The number of nitrogens with zero attached hydrogens (tertiary/aromatic N) is 1. The molecule has 0 aliphatic carbocycles. The highest BCUT2D eigenvalue weighted by molar-refractivity contribution is 7.90. The second-order valence-corrected chi connectivity index (χ2v) is 10.9. The van der Waals surface area contributed by atoms with Crippen molar-refractivity contribution in [1.29, 1.82) is 5.41 Å². The van der Waals surface area contributed by atoms with E-state index in [0.29, 0.717) is 5.69 Å². The molecule has 1 amide bonds. The van der Waals surface area contributed by atoms with Gasteiger partial charge >= 0.3 is 0 Å². The van der Waals surface area contributed by atoms with E-state index in [0.717, 1.165) is 12.3 Å². The number of nitrogens with one attached hydrogen (secondary N) is 4. The van der Waals surface area contributed by atoms with Crippen LogP contribution in [-0.4, -0.2) is 44.9 Å². The number of sulfonamides is 1. The second-order valence-electron chi connectivity index (χ2n) is 7.21.